The first kappa shape index (κ1) is 13.7. The van der Waals surface area contributed by atoms with E-state index in [1.54, 1.807) is 18.2 Å². The van der Waals surface area contributed by atoms with Gasteiger partial charge in [0.2, 0.25) is 5.12 Å². The van der Waals surface area contributed by atoms with Gasteiger partial charge in [0.15, 0.2) is 11.5 Å². The van der Waals surface area contributed by atoms with Gasteiger partial charge < -0.3 is 14.8 Å². The van der Waals surface area contributed by atoms with E-state index >= 15 is 0 Å². The Morgan fingerprint density at radius 3 is 2.63 bits per heavy atom. The fraction of sp³-hybridized carbons (Fsp3) is 0.385. The van der Waals surface area contributed by atoms with Gasteiger partial charge in [0.05, 0.1) is 20.3 Å². The van der Waals surface area contributed by atoms with Crippen molar-refractivity contribution in [3.8, 4) is 11.5 Å². The lowest BCUT2D eigenvalue weighted by atomic mass is 10.1. The van der Waals surface area contributed by atoms with Crippen molar-refractivity contribution in [3.05, 3.63) is 23.8 Å². The van der Waals surface area contributed by atoms with E-state index in [9.17, 15) is 9.59 Å². The first-order chi connectivity index (χ1) is 9.15. The Morgan fingerprint density at radius 1 is 1.32 bits per heavy atom. The van der Waals surface area contributed by atoms with Gasteiger partial charge in [-0.1, -0.05) is 11.8 Å². The molecule has 6 heteroatoms. The number of carbonyl (C=O) groups excluding carboxylic acids is 2. The predicted octanol–water partition coefficient (Wildman–Crippen LogP) is 1.47. The number of methoxy groups -OCH3 is 2. The molecule has 5 nitrogen and oxygen atoms in total. The molecule has 102 valence electrons. The predicted molar refractivity (Wildman–Crippen MR) is 72.9 cm³/mol. The monoisotopic (exact) mass is 281 g/mol. The average molecular weight is 281 g/mol. The van der Waals surface area contributed by atoms with E-state index in [1.165, 1.54) is 26.0 Å². The Labute approximate surface area is 115 Å². The van der Waals surface area contributed by atoms with Crippen molar-refractivity contribution in [2.24, 2.45) is 0 Å². The number of hydrogen-bond acceptors (Lipinski definition) is 5. The normalized spacial score (nSPS) is 18.2. The quantitative estimate of drug-likeness (QED) is 0.905. The van der Waals surface area contributed by atoms with Crippen molar-refractivity contribution in [2.75, 3.05) is 20.0 Å². The fourth-order valence-corrected chi connectivity index (χ4v) is 2.78. The molecule has 1 heterocycles. The summed E-state index contributed by atoms with van der Waals surface area (Å²) in [4.78, 5) is 23.5. The van der Waals surface area contributed by atoms with E-state index in [0.717, 1.165) is 5.75 Å². The number of nitrogens with one attached hydrogen (secondary N) is 1. The van der Waals surface area contributed by atoms with Crippen LogP contribution in [0, 0.1) is 0 Å². The van der Waals surface area contributed by atoms with Crippen molar-refractivity contribution in [1.82, 2.24) is 5.32 Å². The molecule has 1 N–H and O–H groups in total. The van der Waals surface area contributed by atoms with E-state index in [-0.39, 0.29) is 17.1 Å². The number of hydrogen-bond donors (Lipinski definition) is 1. The van der Waals surface area contributed by atoms with Crippen LogP contribution >= 0.6 is 11.8 Å². The molecule has 0 saturated carbocycles. The number of amides is 1. The van der Waals surface area contributed by atoms with Crippen LogP contribution in [0.1, 0.15) is 16.8 Å². The molecule has 0 aliphatic carbocycles. The van der Waals surface area contributed by atoms with Gasteiger partial charge in [0.25, 0.3) is 5.91 Å². The maximum Gasteiger partial charge on any atom is 0.252 e. The molecule has 1 aromatic rings. The van der Waals surface area contributed by atoms with Crippen LogP contribution in [0.5, 0.6) is 11.5 Å². The third-order valence-corrected chi connectivity index (χ3v) is 3.90. The second-order valence-electron chi connectivity index (χ2n) is 4.05. The highest BCUT2D eigenvalue weighted by molar-refractivity contribution is 8.14. The largest absolute Gasteiger partial charge is 0.493 e. The van der Waals surface area contributed by atoms with Crippen molar-refractivity contribution < 1.29 is 19.1 Å². The standard InChI is InChI=1S/C13H15NO4S/c1-17-10-4-3-8(7-11(10)18-2)12(15)14-9-5-6-19-13(9)16/h3-4,7,9H,5-6H2,1-2H3,(H,14,15)/t9-/m0/s1. The van der Waals surface area contributed by atoms with Crippen LogP contribution in [0.4, 0.5) is 0 Å². The molecule has 1 atom stereocenters. The first-order valence-corrected chi connectivity index (χ1v) is 6.84. The van der Waals surface area contributed by atoms with E-state index in [1.807, 2.05) is 0 Å². The summed E-state index contributed by atoms with van der Waals surface area (Å²) < 4.78 is 10.2. The highest BCUT2D eigenvalue weighted by atomic mass is 32.2. The van der Waals surface area contributed by atoms with Gasteiger partial charge in [-0.05, 0) is 24.6 Å². The van der Waals surface area contributed by atoms with Crippen molar-refractivity contribution in [3.63, 3.8) is 0 Å². The lowest BCUT2D eigenvalue weighted by Crippen LogP contribution is -2.37. The Bertz CT molecular complexity index is 503. The summed E-state index contributed by atoms with van der Waals surface area (Å²) in [5.74, 6) is 1.53. The van der Waals surface area contributed by atoms with Gasteiger partial charge in [-0.25, -0.2) is 0 Å². The summed E-state index contributed by atoms with van der Waals surface area (Å²) in [6.45, 7) is 0. The number of carbonyl (C=O) groups is 2. The Balaban J connectivity index is 2.12. The van der Waals surface area contributed by atoms with E-state index in [2.05, 4.69) is 5.32 Å². The average Bonchev–Trinajstić information content (AvgIpc) is 2.83. The second-order valence-corrected chi connectivity index (χ2v) is 5.15. The molecule has 1 aromatic carbocycles. The minimum atomic E-state index is -0.384. The zero-order chi connectivity index (χ0) is 13.8. The van der Waals surface area contributed by atoms with Crippen molar-refractivity contribution in [2.45, 2.75) is 12.5 Å². The molecule has 19 heavy (non-hydrogen) atoms. The Morgan fingerprint density at radius 2 is 2.05 bits per heavy atom. The summed E-state index contributed by atoms with van der Waals surface area (Å²) in [5, 5.41) is 2.75. The van der Waals surface area contributed by atoms with Gasteiger partial charge in [-0.3, -0.25) is 9.59 Å². The lowest BCUT2D eigenvalue weighted by molar-refractivity contribution is -0.112. The van der Waals surface area contributed by atoms with Crippen LogP contribution in [0.2, 0.25) is 0 Å². The minimum Gasteiger partial charge on any atom is -0.493 e. The highest BCUT2D eigenvalue weighted by Crippen LogP contribution is 2.27. The maximum atomic E-state index is 12.0. The third-order valence-electron chi connectivity index (χ3n) is 2.89. The molecule has 0 bridgehead atoms. The topological polar surface area (TPSA) is 64.6 Å². The van der Waals surface area contributed by atoms with E-state index in [0.29, 0.717) is 23.5 Å². The molecule has 1 fully saturated rings. The third kappa shape index (κ3) is 3.01. The zero-order valence-corrected chi connectivity index (χ0v) is 11.6. The smallest absolute Gasteiger partial charge is 0.252 e. The summed E-state index contributed by atoms with van der Waals surface area (Å²) >= 11 is 1.26. The van der Waals surface area contributed by atoms with Crippen LogP contribution in [-0.2, 0) is 4.79 Å². The molecule has 0 radical (unpaired) electrons. The molecule has 0 spiro atoms. The zero-order valence-electron chi connectivity index (χ0n) is 10.8. The van der Waals surface area contributed by atoms with Gasteiger partial charge in [-0.15, -0.1) is 0 Å². The number of benzene rings is 1. The molecule has 1 amide bonds. The molecular weight excluding hydrogens is 266 g/mol. The maximum absolute atomic E-state index is 12.0. The molecule has 1 aliphatic heterocycles. The molecule has 1 aliphatic rings. The lowest BCUT2D eigenvalue weighted by Gasteiger charge is -2.12. The van der Waals surface area contributed by atoms with Crippen molar-refractivity contribution in [1.29, 1.82) is 0 Å². The highest BCUT2D eigenvalue weighted by Gasteiger charge is 2.27. The van der Waals surface area contributed by atoms with Gasteiger partial charge in [-0.2, -0.15) is 0 Å². The summed E-state index contributed by atoms with van der Waals surface area (Å²) in [6, 6.07) is 4.52. The SMILES string of the molecule is COc1ccc(C(=O)N[C@H]2CCSC2=O)cc1OC. The van der Waals surface area contributed by atoms with Crippen molar-refractivity contribution >= 4 is 22.8 Å². The first-order valence-electron chi connectivity index (χ1n) is 5.85. The molecule has 2 rings (SSSR count). The van der Waals surface area contributed by atoms with Crippen LogP contribution in [0.15, 0.2) is 18.2 Å². The molecule has 1 saturated heterocycles. The molecule has 0 aromatic heterocycles. The van der Waals surface area contributed by atoms with E-state index < -0.39 is 0 Å². The summed E-state index contributed by atoms with van der Waals surface area (Å²) in [7, 11) is 3.04. The van der Waals surface area contributed by atoms with Crippen LogP contribution in [-0.4, -0.2) is 37.0 Å². The molecular formula is C13H15NO4S. The molecule has 0 unspecified atom stereocenters. The fourth-order valence-electron chi connectivity index (χ4n) is 1.85. The van der Waals surface area contributed by atoms with Gasteiger partial charge in [0, 0.05) is 11.3 Å². The Kier molecular flexibility index (Phi) is 4.31. The van der Waals surface area contributed by atoms with Gasteiger partial charge in [0.1, 0.15) is 0 Å². The van der Waals surface area contributed by atoms with E-state index in [4.69, 9.17) is 9.47 Å². The van der Waals surface area contributed by atoms with Gasteiger partial charge >= 0.3 is 0 Å². The van der Waals surface area contributed by atoms with Crippen LogP contribution in [0.3, 0.4) is 0 Å². The minimum absolute atomic E-state index is 0.0221. The second kappa shape index (κ2) is 5.97. The van der Waals surface area contributed by atoms with Crippen LogP contribution < -0.4 is 14.8 Å². The summed E-state index contributed by atoms with van der Waals surface area (Å²) in [5.41, 5.74) is 0.447. The Hall–Kier alpha value is -1.69. The number of rotatable bonds is 4. The van der Waals surface area contributed by atoms with Crippen LogP contribution in [0.25, 0.3) is 0 Å². The number of ether oxygens (including phenoxy) is 2. The number of thioether (sulfide) groups is 1. The summed E-state index contributed by atoms with van der Waals surface area (Å²) in [6.07, 6.45) is 0.683.